The van der Waals surface area contributed by atoms with Crippen molar-refractivity contribution in [2.24, 2.45) is 4.99 Å². The first kappa shape index (κ1) is 29.3. The summed E-state index contributed by atoms with van der Waals surface area (Å²) in [6, 6.07) is 15.6. The van der Waals surface area contributed by atoms with E-state index in [-0.39, 0.29) is 22.8 Å². The van der Waals surface area contributed by atoms with E-state index in [1.54, 1.807) is 54.8 Å². The summed E-state index contributed by atoms with van der Waals surface area (Å²) < 4.78 is 18.1. The number of aromatic nitrogens is 1. The number of nitrogens with zero attached hydrogens (tertiary/aromatic N) is 2. The molecule has 5 rings (SSSR count). The highest BCUT2D eigenvalue weighted by Gasteiger charge is 2.33. The summed E-state index contributed by atoms with van der Waals surface area (Å²) in [5.74, 6) is 0.195. The minimum Gasteiger partial charge on any atom is -0.465 e. The van der Waals surface area contributed by atoms with Gasteiger partial charge in [0.05, 0.1) is 46.1 Å². The second-order valence-electron chi connectivity index (χ2n) is 10.0. The first-order valence-corrected chi connectivity index (χ1v) is 14.6. The molecule has 2 aromatic carbocycles. The van der Waals surface area contributed by atoms with Gasteiger partial charge in [0.15, 0.2) is 4.80 Å². The van der Waals surface area contributed by atoms with E-state index < -0.39 is 18.0 Å². The molecule has 42 heavy (non-hydrogen) atoms. The number of hydrogen-bond acceptors (Lipinski definition) is 8. The zero-order valence-corrected chi connectivity index (χ0v) is 25.3. The van der Waals surface area contributed by atoms with Gasteiger partial charge >= 0.3 is 11.9 Å². The molecule has 0 N–H and O–H groups in total. The summed E-state index contributed by atoms with van der Waals surface area (Å²) in [7, 11) is 1.29. The van der Waals surface area contributed by atoms with Crippen LogP contribution in [-0.4, -0.2) is 30.2 Å². The van der Waals surface area contributed by atoms with Crippen molar-refractivity contribution in [3.63, 3.8) is 0 Å². The van der Waals surface area contributed by atoms with E-state index in [9.17, 15) is 14.4 Å². The minimum absolute atomic E-state index is 0.203. The molecule has 3 heterocycles. The van der Waals surface area contributed by atoms with Crippen molar-refractivity contribution in [3.05, 3.63) is 113 Å². The van der Waals surface area contributed by atoms with E-state index in [0.29, 0.717) is 43.6 Å². The number of allylic oxidation sites excluding steroid dienone is 1. The largest absolute Gasteiger partial charge is 0.465 e. The average molecular weight is 605 g/mol. The summed E-state index contributed by atoms with van der Waals surface area (Å²) in [5.41, 5.74) is 3.31. The molecule has 0 spiro atoms. The Morgan fingerprint density at radius 3 is 2.52 bits per heavy atom. The molecule has 0 amide bonds. The van der Waals surface area contributed by atoms with E-state index >= 15 is 0 Å². The fourth-order valence-electron chi connectivity index (χ4n) is 4.83. The van der Waals surface area contributed by atoms with Crippen molar-refractivity contribution in [1.82, 2.24) is 4.57 Å². The molecule has 1 atom stereocenters. The van der Waals surface area contributed by atoms with E-state index in [1.807, 2.05) is 24.3 Å². The fraction of sp³-hybridized carbons (Fsp3) is 0.250. The Morgan fingerprint density at radius 1 is 1.12 bits per heavy atom. The summed E-state index contributed by atoms with van der Waals surface area (Å²) in [4.78, 5) is 44.2. The van der Waals surface area contributed by atoms with E-state index in [2.05, 4.69) is 18.8 Å². The first-order chi connectivity index (χ1) is 20.1. The number of hydrogen-bond donors (Lipinski definition) is 0. The maximum atomic E-state index is 13.9. The molecule has 1 aliphatic heterocycles. The highest BCUT2D eigenvalue weighted by atomic mass is 35.5. The standard InChI is InChI=1S/C32H29ClN2O6S/c1-6-40-31(38)27-18(4)34-32-35(28(27)20-9-7-19(8-10-20)17(2)3)29(36)26(42-32)16-22-12-14-25(41-22)21-11-13-24(33)23(15-21)30(37)39-5/h7-17,28H,6H2,1-5H3/b26-16-/t28-/m1/s1. The third-order valence-corrected chi connectivity index (χ3v) is 8.30. The topological polar surface area (TPSA) is 100 Å². The summed E-state index contributed by atoms with van der Waals surface area (Å²) >= 11 is 7.37. The molecular weight excluding hydrogens is 576 g/mol. The summed E-state index contributed by atoms with van der Waals surface area (Å²) in [6.07, 6.45) is 1.65. The van der Waals surface area contributed by atoms with Gasteiger partial charge in [0.25, 0.3) is 5.56 Å². The molecule has 1 aliphatic rings. The lowest BCUT2D eigenvalue weighted by atomic mass is 9.93. The van der Waals surface area contributed by atoms with Crippen LogP contribution in [-0.2, 0) is 14.3 Å². The molecule has 0 unspecified atom stereocenters. The zero-order chi connectivity index (χ0) is 30.1. The molecule has 0 aliphatic carbocycles. The number of carbonyl (C=O) groups excluding carboxylic acids is 2. The minimum atomic E-state index is -0.693. The Balaban J connectivity index is 1.60. The van der Waals surface area contributed by atoms with Gasteiger partial charge in [0.1, 0.15) is 11.5 Å². The summed E-state index contributed by atoms with van der Waals surface area (Å²) in [6.45, 7) is 7.92. The SMILES string of the molecule is CCOC(=O)C1=C(C)N=c2s/c(=C\c3ccc(-c4ccc(Cl)c(C(=O)OC)c4)o3)c(=O)n2[C@@H]1c1ccc(C(C)C)cc1. The molecule has 0 fully saturated rings. The third-order valence-electron chi connectivity index (χ3n) is 6.99. The highest BCUT2D eigenvalue weighted by Crippen LogP contribution is 2.32. The van der Waals surface area contributed by atoms with Crippen molar-refractivity contribution >= 4 is 41.0 Å². The molecule has 0 saturated carbocycles. The zero-order valence-electron chi connectivity index (χ0n) is 23.8. The van der Waals surface area contributed by atoms with Gasteiger partial charge in [0, 0.05) is 11.6 Å². The molecule has 10 heteroatoms. The maximum absolute atomic E-state index is 13.9. The fourth-order valence-corrected chi connectivity index (χ4v) is 6.05. The number of halogens is 1. The molecule has 4 aromatic rings. The van der Waals surface area contributed by atoms with Gasteiger partial charge in [-0.1, -0.05) is 61.1 Å². The second-order valence-corrected chi connectivity index (χ2v) is 11.4. The van der Waals surface area contributed by atoms with E-state index in [0.717, 1.165) is 11.1 Å². The number of thiazole rings is 1. The van der Waals surface area contributed by atoms with Crippen molar-refractivity contribution in [1.29, 1.82) is 0 Å². The van der Waals surface area contributed by atoms with E-state index in [4.69, 9.17) is 25.5 Å². The van der Waals surface area contributed by atoms with Gasteiger partial charge < -0.3 is 13.9 Å². The Kier molecular flexibility index (Phi) is 8.34. The number of methoxy groups -OCH3 is 1. The van der Waals surface area contributed by atoms with Gasteiger partial charge in [-0.3, -0.25) is 9.36 Å². The van der Waals surface area contributed by atoms with Crippen LogP contribution in [0.5, 0.6) is 0 Å². The number of benzene rings is 2. The molecule has 0 bridgehead atoms. The number of esters is 2. The molecule has 216 valence electrons. The lowest BCUT2D eigenvalue weighted by molar-refractivity contribution is -0.139. The van der Waals surface area contributed by atoms with Crippen molar-refractivity contribution in [2.45, 2.75) is 39.7 Å². The van der Waals surface area contributed by atoms with Crippen LogP contribution >= 0.6 is 22.9 Å². The van der Waals surface area contributed by atoms with Crippen LogP contribution in [0.2, 0.25) is 5.02 Å². The van der Waals surface area contributed by atoms with Gasteiger partial charge in [-0.2, -0.15) is 0 Å². The third kappa shape index (κ3) is 5.49. The van der Waals surface area contributed by atoms with Crippen LogP contribution in [0, 0.1) is 0 Å². The molecule has 0 radical (unpaired) electrons. The van der Waals surface area contributed by atoms with Crippen LogP contribution in [0.15, 0.2) is 80.1 Å². The number of fused-ring (bicyclic) bond motifs is 1. The number of furan rings is 1. The summed E-state index contributed by atoms with van der Waals surface area (Å²) in [5, 5.41) is 0.268. The Bertz CT molecular complexity index is 1900. The van der Waals surface area contributed by atoms with Gasteiger partial charge in [-0.15, -0.1) is 0 Å². The number of ether oxygens (including phenoxy) is 2. The number of rotatable bonds is 7. The quantitative estimate of drug-likeness (QED) is 0.254. The Hall–Kier alpha value is -4.21. The molecule has 2 aromatic heterocycles. The van der Waals surface area contributed by atoms with Gasteiger partial charge in [-0.25, -0.2) is 14.6 Å². The Morgan fingerprint density at radius 2 is 1.86 bits per heavy atom. The van der Waals surface area contributed by atoms with Crippen molar-refractivity contribution in [3.8, 4) is 11.3 Å². The van der Waals surface area contributed by atoms with Gasteiger partial charge in [-0.05, 0) is 61.2 Å². The molecule has 8 nitrogen and oxygen atoms in total. The highest BCUT2D eigenvalue weighted by molar-refractivity contribution is 7.07. The van der Waals surface area contributed by atoms with Crippen LogP contribution in [0.25, 0.3) is 17.4 Å². The Labute approximate surface area is 251 Å². The lowest BCUT2D eigenvalue weighted by Crippen LogP contribution is -2.39. The van der Waals surface area contributed by atoms with Crippen molar-refractivity contribution < 1.29 is 23.5 Å². The second kappa shape index (κ2) is 12.0. The van der Waals surface area contributed by atoms with Crippen LogP contribution < -0.4 is 14.9 Å². The predicted molar refractivity (Wildman–Crippen MR) is 161 cm³/mol. The normalized spacial score (nSPS) is 15.0. The first-order valence-electron chi connectivity index (χ1n) is 13.4. The monoisotopic (exact) mass is 604 g/mol. The molecule has 0 saturated heterocycles. The smallest absolute Gasteiger partial charge is 0.339 e. The van der Waals surface area contributed by atoms with Crippen LogP contribution in [0.1, 0.15) is 66.9 Å². The average Bonchev–Trinajstić information content (AvgIpc) is 3.56. The van der Waals surface area contributed by atoms with Gasteiger partial charge in [0.2, 0.25) is 0 Å². The lowest BCUT2D eigenvalue weighted by Gasteiger charge is -2.25. The predicted octanol–water partition coefficient (Wildman–Crippen LogP) is 5.62. The van der Waals surface area contributed by atoms with Crippen LogP contribution in [0.3, 0.4) is 0 Å². The van der Waals surface area contributed by atoms with Crippen molar-refractivity contribution in [2.75, 3.05) is 13.7 Å². The molecular formula is C32H29ClN2O6S. The maximum Gasteiger partial charge on any atom is 0.339 e. The van der Waals surface area contributed by atoms with Crippen LogP contribution in [0.4, 0.5) is 0 Å². The van der Waals surface area contributed by atoms with E-state index in [1.165, 1.54) is 18.4 Å². The number of carbonyl (C=O) groups is 2.